The number of hydrogen-bond acceptors (Lipinski definition) is 4. The summed E-state index contributed by atoms with van der Waals surface area (Å²) < 4.78 is 6.68. The number of nitrogens with zero attached hydrogens (tertiary/aromatic N) is 3. The van der Waals surface area contributed by atoms with Gasteiger partial charge in [0.15, 0.2) is 0 Å². The zero-order chi connectivity index (χ0) is 13.7. The molecule has 19 heavy (non-hydrogen) atoms. The molecule has 2 rings (SSSR count). The molecule has 2 aromatic heterocycles. The van der Waals surface area contributed by atoms with E-state index in [9.17, 15) is 4.79 Å². The summed E-state index contributed by atoms with van der Waals surface area (Å²) in [6.07, 6.45) is 3.33. The minimum absolute atomic E-state index is 0.0977. The third-order valence-electron chi connectivity index (χ3n) is 2.68. The maximum Gasteiger partial charge on any atom is 0.240 e. The zero-order valence-electron chi connectivity index (χ0n) is 10.6. The molecule has 1 N–H and O–H groups in total. The van der Waals surface area contributed by atoms with Crippen molar-refractivity contribution in [3.63, 3.8) is 0 Å². The molecule has 0 saturated heterocycles. The number of rotatable bonds is 6. The number of ether oxygens (including phenoxy) is 1. The van der Waals surface area contributed by atoms with Crippen molar-refractivity contribution in [1.82, 2.24) is 19.9 Å². The molecule has 1 amide bonds. The topological polar surface area (TPSA) is 69.0 Å². The lowest BCUT2D eigenvalue weighted by Gasteiger charge is -2.08. The summed E-state index contributed by atoms with van der Waals surface area (Å²) in [6.45, 7) is 1.16. The summed E-state index contributed by atoms with van der Waals surface area (Å²) in [5.74, 6) is 0.811. The minimum atomic E-state index is -0.0977. The normalized spacial score (nSPS) is 10.8. The highest BCUT2D eigenvalue weighted by atomic mass is 35.5. The van der Waals surface area contributed by atoms with Crippen LogP contribution in [0.5, 0.6) is 0 Å². The SMILES string of the molecule is COCCNC(=O)Cn1c(CCl)nc2cnccc21. The second-order valence-corrected chi connectivity index (χ2v) is 4.22. The Morgan fingerprint density at radius 2 is 2.42 bits per heavy atom. The van der Waals surface area contributed by atoms with E-state index < -0.39 is 0 Å². The van der Waals surface area contributed by atoms with Crippen molar-refractivity contribution < 1.29 is 9.53 Å². The number of imidazole rings is 1. The molecule has 0 aliphatic carbocycles. The van der Waals surface area contributed by atoms with Crippen LogP contribution in [0.3, 0.4) is 0 Å². The van der Waals surface area contributed by atoms with Gasteiger partial charge in [0.2, 0.25) is 5.91 Å². The average molecular weight is 283 g/mol. The molecule has 2 aromatic rings. The fourth-order valence-corrected chi connectivity index (χ4v) is 2.01. The number of hydrogen-bond donors (Lipinski definition) is 1. The van der Waals surface area contributed by atoms with Gasteiger partial charge in [-0.2, -0.15) is 0 Å². The fraction of sp³-hybridized carbons (Fsp3) is 0.417. The molecule has 0 aliphatic heterocycles. The van der Waals surface area contributed by atoms with Gasteiger partial charge in [-0.25, -0.2) is 4.98 Å². The van der Waals surface area contributed by atoms with E-state index in [1.807, 2.05) is 6.07 Å². The van der Waals surface area contributed by atoms with Crippen LogP contribution < -0.4 is 5.32 Å². The van der Waals surface area contributed by atoms with E-state index >= 15 is 0 Å². The van der Waals surface area contributed by atoms with Gasteiger partial charge in [-0.15, -0.1) is 11.6 Å². The van der Waals surface area contributed by atoms with Gasteiger partial charge >= 0.3 is 0 Å². The highest BCUT2D eigenvalue weighted by molar-refractivity contribution is 6.16. The number of amides is 1. The number of halogens is 1. The quantitative estimate of drug-likeness (QED) is 0.632. The first-order valence-electron chi connectivity index (χ1n) is 5.87. The zero-order valence-corrected chi connectivity index (χ0v) is 11.4. The molecule has 102 valence electrons. The van der Waals surface area contributed by atoms with Crippen molar-refractivity contribution in [3.8, 4) is 0 Å². The summed E-state index contributed by atoms with van der Waals surface area (Å²) in [5, 5.41) is 2.77. The molecule has 0 atom stereocenters. The summed E-state index contributed by atoms with van der Waals surface area (Å²) in [6, 6.07) is 1.82. The number of methoxy groups -OCH3 is 1. The fourth-order valence-electron chi connectivity index (χ4n) is 1.80. The van der Waals surface area contributed by atoms with Gasteiger partial charge in [-0.1, -0.05) is 0 Å². The van der Waals surface area contributed by atoms with E-state index in [1.165, 1.54) is 0 Å². The summed E-state index contributed by atoms with van der Waals surface area (Å²) in [4.78, 5) is 20.2. The predicted octanol–water partition coefficient (Wildman–Crippen LogP) is 0.933. The molecule has 0 spiro atoms. The minimum Gasteiger partial charge on any atom is -0.383 e. The molecule has 0 saturated carbocycles. The maximum absolute atomic E-state index is 11.8. The molecule has 0 unspecified atom stereocenters. The lowest BCUT2D eigenvalue weighted by atomic mass is 10.4. The summed E-state index contributed by atoms with van der Waals surface area (Å²) >= 11 is 5.86. The number of aromatic nitrogens is 3. The van der Waals surface area contributed by atoms with Crippen LogP contribution in [0.1, 0.15) is 5.82 Å². The molecule has 2 heterocycles. The largest absolute Gasteiger partial charge is 0.383 e. The molecule has 0 radical (unpaired) electrons. The second-order valence-electron chi connectivity index (χ2n) is 3.95. The first-order valence-corrected chi connectivity index (χ1v) is 6.40. The van der Waals surface area contributed by atoms with Crippen LogP contribution in [0.2, 0.25) is 0 Å². The van der Waals surface area contributed by atoms with Gasteiger partial charge in [-0.05, 0) is 6.07 Å². The van der Waals surface area contributed by atoms with Gasteiger partial charge in [0.05, 0.1) is 24.2 Å². The Morgan fingerprint density at radius 3 is 3.16 bits per heavy atom. The smallest absolute Gasteiger partial charge is 0.240 e. The molecule has 0 aromatic carbocycles. The van der Waals surface area contributed by atoms with E-state index in [2.05, 4.69) is 15.3 Å². The van der Waals surface area contributed by atoms with Crippen molar-refractivity contribution in [2.75, 3.05) is 20.3 Å². The number of carbonyl (C=O) groups is 1. The van der Waals surface area contributed by atoms with Gasteiger partial charge in [-0.3, -0.25) is 9.78 Å². The summed E-state index contributed by atoms with van der Waals surface area (Å²) in [5.41, 5.74) is 1.59. The molecule has 0 aliphatic rings. The molecule has 0 fully saturated rings. The third kappa shape index (κ3) is 3.21. The van der Waals surface area contributed by atoms with Crippen molar-refractivity contribution in [1.29, 1.82) is 0 Å². The first kappa shape index (κ1) is 13.8. The van der Waals surface area contributed by atoms with Crippen molar-refractivity contribution in [2.45, 2.75) is 12.4 Å². The predicted molar refractivity (Wildman–Crippen MR) is 72.0 cm³/mol. The number of alkyl halides is 1. The van der Waals surface area contributed by atoms with Crippen molar-refractivity contribution in [3.05, 3.63) is 24.3 Å². The highest BCUT2D eigenvalue weighted by Crippen LogP contribution is 2.16. The van der Waals surface area contributed by atoms with Crippen molar-refractivity contribution in [2.24, 2.45) is 0 Å². The second kappa shape index (κ2) is 6.49. The van der Waals surface area contributed by atoms with Crippen LogP contribution in [0, 0.1) is 0 Å². The molecule has 6 nitrogen and oxygen atoms in total. The van der Waals surface area contributed by atoms with Crippen LogP contribution in [0.15, 0.2) is 18.5 Å². The lowest BCUT2D eigenvalue weighted by Crippen LogP contribution is -2.30. The van der Waals surface area contributed by atoms with E-state index in [0.29, 0.717) is 19.0 Å². The lowest BCUT2D eigenvalue weighted by molar-refractivity contribution is -0.121. The third-order valence-corrected chi connectivity index (χ3v) is 2.92. The molecule has 7 heteroatoms. The first-order chi connectivity index (χ1) is 9.26. The number of nitrogens with one attached hydrogen (secondary N) is 1. The van der Waals surface area contributed by atoms with Crippen LogP contribution in [0.25, 0.3) is 11.0 Å². The molecular formula is C12H15ClN4O2. The van der Waals surface area contributed by atoms with E-state index in [-0.39, 0.29) is 18.3 Å². The van der Waals surface area contributed by atoms with Gasteiger partial charge in [0.25, 0.3) is 0 Å². The number of pyridine rings is 1. The average Bonchev–Trinajstić information content (AvgIpc) is 2.77. The standard InChI is InChI=1S/C12H15ClN4O2/c1-19-5-4-15-12(18)8-17-10-2-3-14-7-9(10)16-11(17)6-13/h2-3,7H,4-6,8H2,1H3,(H,15,18). The van der Waals surface area contributed by atoms with Crippen molar-refractivity contribution >= 4 is 28.5 Å². The Balaban J connectivity index is 2.16. The van der Waals surface area contributed by atoms with Gasteiger partial charge < -0.3 is 14.6 Å². The monoisotopic (exact) mass is 282 g/mol. The number of carbonyl (C=O) groups excluding carboxylic acids is 1. The maximum atomic E-state index is 11.8. The van der Waals surface area contributed by atoms with E-state index in [0.717, 1.165) is 11.0 Å². The van der Waals surface area contributed by atoms with E-state index in [4.69, 9.17) is 16.3 Å². The number of fused-ring (bicyclic) bond motifs is 1. The summed E-state index contributed by atoms with van der Waals surface area (Å²) in [7, 11) is 1.59. The molecular weight excluding hydrogens is 268 g/mol. The van der Waals surface area contributed by atoms with Crippen LogP contribution >= 0.6 is 11.6 Å². The Bertz CT molecular complexity index is 570. The van der Waals surface area contributed by atoms with Gasteiger partial charge in [0, 0.05) is 19.9 Å². The van der Waals surface area contributed by atoms with Crippen LogP contribution in [-0.4, -0.2) is 40.7 Å². The molecule has 0 bridgehead atoms. The van der Waals surface area contributed by atoms with Crippen LogP contribution in [0.4, 0.5) is 0 Å². The Kier molecular flexibility index (Phi) is 4.70. The Labute approximate surface area is 115 Å². The van der Waals surface area contributed by atoms with E-state index in [1.54, 1.807) is 24.1 Å². The highest BCUT2D eigenvalue weighted by Gasteiger charge is 2.12. The Morgan fingerprint density at radius 1 is 1.58 bits per heavy atom. The van der Waals surface area contributed by atoms with Gasteiger partial charge in [0.1, 0.15) is 17.9 Å². The Hall–Kier alpha value is -1.66. The van der Waals surface area contributed by atoms with Crippen LogP contribution in [-0.2, 0) is 22.0 Å².